The Labute approximate surface area is 105 Å². The summed E-state index contributed by atoms with van der Waals surface area (Å²) in [5.74, 6) is -0.191. The van der Waals surface area contributed by atoms with Crippen molar-refractivity contribution in [1.82, 2.24) is 10.3 Å². The Morgan fingerprint density at radius 3 is 2.78 bits per heavy atom. The predicted octanol–water partition coefficient (Wildman–Crippen LogP) is 1.88. The van der Waals surface area contributed by atoms with Gasteiger partial charge in [-0.2, -0.15) is 5.26 Å². The molecule has 1 heterocycles. The van der Waals surface area contributed by atoms with Gasteiger partial charge in [0, 0.05) is 24.5 Å². The van der Waals surface area contributed by atoms with Crippen molar-refractivity contribution in [2.75, 3.05) is 0 Å². The highest BCUT2D eigenvalue weighted by atomic mass is 16.1. The van der Waals surface area contributed by atoms with Crippen LogP contribution in [0.5, 0.6) is 0 Å². The Balaban J connectivity index is 2.02. The number of pyridine rings is 1. The molecule has 0 atom stereocenters. The fourth-order valence-corrected chi connectivity index (χ4v) is 1.52. The molecule has 0 spiro atoms. The summed E-state index contributed by atoms with van der Waals surface area (Å²) in [6, 6.07) is 12.3. The number of aromatic nitrogens is 1. The van der Waals surface area contributed by atoms with Gasteiger partial charge >= 0.3 is 0 Å². The molecule has 0 aliphatic heterocycles. The van der Waals surface area contributed by atoms with E-state index >= 15 is 0 Å². The number of nitriles is 1. The maximum atomic E-state index is 11.8. The second kappa shape index (κ2) is 5.60. The van der Waals surface area contributed by atoms with Gasteiger partial charge in [0.25, 0.3) is 5.91 Å². The van der Waals surface area contributed by atoms with Gasteiger partial charge < -0.3 is 5.32 Å². The molecule has 0 radical (unpaired) electrons. The van der Waals surface area contributed by atoms with E-state index in [1.165, 1.54) is 0 Å². The fraction of sp³-hybridized carbons (Fsp3) is 0.0714. The minimum absolute atomic E-state index is 0.191. The lowest BCUT2D eigenvalue weighted by Gasteiger charge is -2.05. The molecule has 4 nitrogen and oxygen atoms in total. The van der Waals surface area contributed by atoms with E-state index in [1.807, 2.05) is 18.2 Å². The lowest BCUT2D eigenvalue weighted by atomic mass is 10.1. The quantitative estimate of drug-likeness (QED) is 0.886. The highest BCUT2D eigenvalue weighted by molar-refractivity contribution is 5.94. The third kappa shape index (κ3) is 2.92. The Bertz CT molecular complexity index is 587. The maximum Gasteiger partial charge on any atom is 0.251 e. The van der Waals surface area contributed by atoms with Crippen LogP contribution in [0.15, 0.2) is 48.8 Å². The van der Waals surface area contributed by atoms with Gasteiger partial charge in [-0.3, -0.25) is 9.78 Å². The number of hydrogen-bond donors (Lipinski definition) is 1. The van der Waals surface area contributed by atoms with Gasteiger partial charge in [0.15, 0.2) is 0 Å². The van der Waals surface area contributed by atoms with Crippen LogP contribution in [0.4, 0.5) is 0 Å². The first-order chi connectivity index (χ1) is 8.79. The molecular formula is C14H11N3O. The third-order valence-electron chi connectivity index (χ3n) is 2.46. The number of carbonyl (C=O) groups is 1. The normalized spacial score (nSPS) is 9.50. The zero-order chi connectivity index (χ0) is 12.8. The van der Waals surface area contributed by atoms with E-state index < -0.39 is 0 Å². The number of nitrogens with one attached hydrogen (secondary N) is 1. The minimum atomic E-state index is -0.191. The highest BCUT2D eigenvalue weighted by Gasteiger charge is 2.05. The van der Waals surface area contributed by atoms with Crippen molar-refractivity contribution in [3.63, 3.8) is 0 Å². The molecule has 0 aliphatic rings. The Morgan fingerprint density at radius 1 is 1.28 bits per heavy atom. The molecule has 0 unspecified atom stereocenters. The third-order valence-corrected chi connectivity index (χ3v) is 2.46. The van der Waals surface area contributed by atoms with Crippen LogP contribution in [0, 0.1) is 11.3 Å². The Hall–Kier alpha value is -2.67. The number of rotatable bonds is 3. The topological polar surface area (TPSA) is 65.8 Å². The summed E-state index contributed by atoms with van der Waals surface area (Å²) in [4.78, 5) is 15.8. The summed E-state index contributed by atoms with van der Waals surface area (Å²) in [6.45, 7) is 0.443. The summed E-state index contributed by atoms with van der Waals surface area (Å²) in [7, 11) is 0. The first-order valence-electron chi connectivity index (χ1n) is 5.47. The molecular weight excluding hydrogens is 226 g/mol. The van der Waals surface area contributed by atoms with Crippen molar-refractivity contribution in [1.29, 1.82) is 5.26 Å². The zero-order valence-electron chi connectivity index (χ0n) is 9.63. The number of carbonyl (C=O) groups excluding carboxylic acids is 1. The Morgan fingerprint density at radius 2 is 2.06 bits per heavy atom. The SMILES string of the molecule is N#Cc1cccc(C(=O)NCc2ccncc2)c1. The maximum absolute atomic E-state index is 11.8. The van der Waals surface area contributed by atoms with Crippen LogP contribution in [0.2, 0.25) is 0 Å². The average molecular weight is 237 g/mol. The van der Waals surface area contributed by atoms with E-state index in [9.17, 15) is 4.79 Å². The second-order valence-electron chi connectivity index (χ2n) is 3.73. The molecule has 1 aromatic carbocycles. The molecule has 0 bridgehead atoms. The van der Waals surface area contributed by atoms with E-state index in [0.29, 0.717) is 17.7 Å². The standard InChI is InChI=1S/C14H11N3O/c15-9-12-2-1-3-13(8-12)14(18)17-10-11-4-6-16-7-5-11/h1-8H,10H2,(H,17,18). The van der Waals surface area contributed by atoms with Crippen molar-refractivity contribution in [2.45, 2.75) is 6.54 Å². The molecule has 4 heteroatoms. The van der Waals surface area contributed by atoms with Crippen LogP contribution in [0.1, 0.15) is 21.5 Å². The van der Waals surface area contributed by atoms with Crippen molar-refractivity contribution >= 4 is 5.91 Å². The number of hydrogen-bond acceptors (Lipinski definition) is 3. The lowest BCUT2D eigenvalue weighted by molar-refractivity contribution is 0.0951. The van der Waals surface area contributed by atoms with Crippen LogP contribution in [-0.2, 0) is 6.54 Å². The summed E-state index contributed by atoms with van der Waals surface area (Å²) >= 11 is 0. The average Bonchev–Trinajstić information content (AvgIpc) is 2.46. The van der Waals surface area contributed by atoms with Crippen molar-refractivity contribution in [3.8, 4) is 6.07 Å². The van der Waals surface area contributed by atoms with E-state index in [2.05, 4.69) is 10.3 Å². The molecule has 0 saturated heterocycles. The van der Waals surface area contributed by atoms with E-state index in [1.54, 1.807) is 36.7 Å². The summed E-state index contributed by atoms with van der Waals surface area (Å²) in [6.07, 6.45) is 3.36. The van der Waals surface area contributed by atoms with E-state index in [4.69, 9.17) is 5.26 Å². The van der Waals surface area contributed by atoms with Gasteiger partial charge in [-0.05, 0) is 35.9 Å². The van der Waals surface area contributed by atoms with Crippen LogP contribution in [-0.4, -0.2) is 10.9 Å². The summed E-state index contributed by atoms with van der Waals surface area (Å²) in [5.41, 5.74) is 1.95. The first-order valence-corrected chi connectivity index (χ1v) is 5.47. The molecule has 2 rings (SSSR count). The van der Waals surface area contributed by atoms with Gasteiger partial charge in [0.05, 0.1) is 11.6 Å². The van der Waals surface area contributed by atoms with Crippen LogP contribution in [0.3, 0.4) is 0 Å². The van der Waals surface area contributed by atoms with Crippen molar-refractivity contribution < 1.29 is 4.79 Å². The number of nitrogens with zero attached hydrogens (tertiary/aromatic N) is 2. The van der Waals surface area contributed by atoms with Gasteiger partial charge in [-0.15, -0.1) is 0 Å². The van der Waals surface area contributed by atoms with Gasteiger partial charge in [0.1, 0.15) is 0 Å². The lowest BCUT2D eigenvalue weighted by Crippen LogP contribution is -2.22. The second-order valence-corrected chi connectivity index (χ2v) is 3.73. The van der Waals surface area contributed by atoms with Gasteiger partial charge in [-0.1, -0.05) is 6.07 Å². The molecule has 0 saturated carbocycles. The molecule has 0 fully saturated rings. The number of benzene rings is 1. The van der Waals surface area contributed by atoms with Gasteiger partial charge in [0.2, 0.25) is 0 Å². The monoisotopic (exact) mass is 237 g/mol. The van der Waals surface area contributed by atoms with Crippen LogP contribution < -0.4 is 5.32 Å². The predicted molar refractivity (Wildman–Crippen MR) is 66.6 cm³/mol. The van der Waals surface area contributed by atoms with Gasteiger partial charge in [-0.25, -0.2) is 0 Å². The first kappa shape index (κ1) is 11.8. The zero-order valence-corrected chi connectivity index (χ0v) is 9.63. The fourth-order valence-electron chi connectivity index (χ4n) is 1.52. The van der Waals surface area contributed by atoms with Crippen LogP contribution >= 0.6 is 0 Å². The summed E-state index contributed by atoms with van der Waals surface area (Å²) in [5, 5.41) is 11.6. The molecule has 1 N–H and O–H groups in total. The molecule has 1 amide bonds. The smallest absolute Gasteiger partial charge is 0.251 e. The molecule has 2 aromatic rings. The minimum Gasteiger partial charge on any atom is -0.348 e. The molecule has 18 heavy (non-hydrogen) atoms. The highest BCUT2D eigenvalue weighted by Crippen LogP contribution is 2.04. The molecule has 1 aromatic heterocycles. The Kier molecular flexibility index (Phi) is 3.67. The van der Waals surface area contributed by atoms with Crippen molar-refractivity contribution in [2.24, 2.45) is 0 Å². The van der Waals surface area contributed by atoms with E-state index in [0.717, 1.165) is 5.56 Å². The summed E-state index contributed by atoms with van der Waals surface area (Å²) < 4.78 is 0. The molecule has 88 valence electrons. The van der Waals surface area contributed by atoms with Crippen LogP contribution in [0.25, 0.3) is 0 Å². The number of amides is 1. The largest absolute Gasteiger partial charge is 0.348 e. The molecule has 0 aliphatic carbocycles. The van der Waals surface area contributed by atoms with Crippen molar-refractivity contribution in [3.05, 3.63) is 65.5 Å². The van der Waals surface area contributed by atoms with E-state index in [-0.39, 0.29) is 5.91 Å².